The van der Waals surface area contributed by atoms with E-state index in [1.54, 1.807) is 5.57 Å². The van der Waals surface area contributed by atoms with Crippen LogP contribution in [0.1, 0.15) is 53.4 Å². The maximum Gasteiger partial charge on any atom is 0.112 e. The van der Waals surface area contributed by atoms with Gasteiger partial charge in [-0.25, -0.2) is 0 Å². The van der Waals surface area contributed by atoms with Crippen molar-refractivity contribution in [3.05, 3.63) is 34.9 Å². The molecule has 0 aromatic carbocycles. The first-order valence-electron chi connectivity index (χ1n) is 9.56. The Morgan fingerprint density at radius 1 is 0.667 bits per heavy atom. The predicted octanol–water partition coefficient (Wildman–Crippen LogP) is 7.38. The molecular weight excluding hydrogens is 322 g/mol. The highest BCUT2D eigenvalue weighted by Crippen LogP contribution is 2.20. The number of hydrogen-bond donors (Lipinski definition) is 0. The lowest BCUT2D eigenvalue weighted by Gasteiger charge is -2.43. The first-order chi connectivity index (χ1) is 10.8. The van der Waals surface area contributed by atoms with Gasteiger partial charge in [0.15, 0.2) is 0 Å². The van der Waals surface area contributed by atoms with Crippen LogP contribution in [-0.4, -0.2) is 27.2 Å². The smallest absolute Gasteiger partial charge is 0.112 e. The van der Waals surface area contributed by atoms with Crippen molar-refractivity contribution in [2.24, 2.45) is 0 Å². The summed E-state index contributed by atoms with van der Waals surface area (Å²) in [6, 6.07) is 0. The summed E-state index contributed by atoms with van der Waals surface area (Å²) in [5, 5.41) is 0. The highest BCUT2D eigenvalue weighted by atomic mass is 28.4. The van der Waals surface area contributed by atoms with Gasteiger partial charge in [0.2, 0.25) is 0 Å². The second-order valence-corrected chi connectivity index (χ2v) is 19.6. The van der Waals surface area contributed by atoms with Gasteiger partial charge in [-0.05, 0) is 53.4 Å². The molecule has 0 N–H and O–H groups in total. The minimum atomic E-state index is -1.23. The highest BCUT2D eigenvalue weighted by molar-refractivity contribution is 6.89. The van der Waals surface area contributed by atoms with Crippen molar-refractivity contribution in [2.75, 3.05) is 6.54 Å². The lowest BCUT2D eigenvalue weighted by atomic mass is 10.1. The third kappa shape index (κ3) is 11.2. The summed E-state index contributed by atoms with van der Waals surface area (Å²) in [6.45, 7) is 25.0. The maximum absolute atomic E-state index is 2.85. The molecule has 0 amide bonds. The van der Waals surface area contributed by atoms with E-state index in [9.17, 15) is 0 Å². The van der Waals surface area contributed by atoms with Gasteiger partial charge in [-0.15, -0.1) is 0 Å². The van der Waals surface area contributed by atoms with Gasteiger partial charge in [0, 0.05) is 6.54 Å². The Kier molecular flexibility index (Phi) is 10.4. The summed E-state index contributed by atoms with van der Waals surface area (Å²) in [6.07, 6.45) is 12.0. The molecule has 0 saturated carbocycles. The molecule has 0 bridgehead atoms. The fourth-order valence-corrected chi connectivity index (χ4v) is 12.5. The zero-order valence-electron chi connectivity index (χ0n) is 18.2. The second-order valence-electron chi connectivity index (χ2n) is 9.41. The highest BCUT2D eigenvalue weighted by Gasteiger charge is 2.33. The van der Waals surface area contributed by atoms with Crippen LogP contribution in [0.15, 0.2) is 34.9 Å². The minimum absolute atomic E-state index is 1.15. The van der Waals surface area contributed by atoms with E-state index in [0.717, 1.165) is 6.54 Å². The van der Waals surface area contributed by atoms with Gasteiger partial charge in [-0.2, -0.15) is 0 Å². The van der Waals surface area contributed by atoms with Crippen molar-refractivity contribution in [1.29, 1.82) is 0 Å². The number of rotatable bonds is 10. The Hall–Kier alpha value is -0.386. The average Bonchev–Trinajstić information content (AvgIpc) is 2.34. The van der Waals surface area contributed by atoms with Gasteiger partial charge in [0.25, 0.3) is 0 Å². The molecule has 140 valence electrons. The summed E-state index contributed by atoms with van der Waals surface area (Å²) in [5.74, 6) is 0. The van der Waals surface area contributed by atoms with Crippen molar-refractivity contribution in [2.45, 2.75) is 92.7 Å². The average molecular weight is 366 g/mol. The Bertz CT molecular complexity index is 441. The Balaban J connectivity index is 4.48. The Labute approximate surface area is 155 Å². The largest absolute Gasteiger partial charge is 0.343 e. The van der Waals surface area contributed by atoms with Crippen LogP contribution < -0.4 is 0 Å². The van der Waals surface area contributed by atoms with Crippen LogP contribution in [0.25, 0.3) is 0 Å². The molecule has 1 nitrogen and oxygen atoms in total. The zero-order chi connectivity index (χ0) is 19.0. The van der Waals surface area contributed by atoms with Crippen LogP contribution in [0.4, 0.5) is 0 Å². The molecule has 0 fully saturated rings. The van der Waals surface area contributed by atoms with Gasteiger partial charge in [0.05, 0.1) is 0 Å². The Morgan fingerprint density at radius 3 is 1.50 bits per heavy atom. The van der Waals surface area contributed by atoms with E-state index in [1.165, 1.54) is 36.8 Å². The minimum Gasteiger partial charge on any atom is -0.343 e. The SMILES string of the molecule is CC(C)=CCC/C(C)=C/CC/C(C)=C/CN([Si](C)(C)C)[Si](C)(C)C. The zero-order valence-corrected chi connectivity index (χ0v) is 20.2. The first-order valence-corrected chi connectivity index (χ1v) is 16.5. The number of nitrogens with zero attached hydrogens (tertiary/aromatic N) is 1. The Morgan fingerprint density at radius 2 is 1.08 bits per heavy atom. The lowest BCUT2D eigenvalue weighted by molar-refractivity contribution is 0.682. The van der Waals surface area contributed by atoms with Crippen molar-refractivity contribution in [3.63, 3.8) is 0 Å². The second kappa shape index (κ2) is 10.6. The molecule has 0 aromatic rings. The van der Waals surface area contributed by atoms with Crippen LogP contribution in [-0.2, 0) is 0 Å². The summed E-state index contributed by atoms with van der Waals surface area (Å²) in [4.78, 5) is 0. The third-order valence-corrected chi connectivity index (χ3v) is 12.0. The molecule has 0 unspecified atom stereocenters. The van der Waals surface area contributed by atoms with Crippen molar-refractivity contribution < 1.29 is 0 Å². The van der Waals surface area contributed by atoms with Gasteiger partial charge < -0.3 is 4.23 Å². The van der Waals surface area contributed by atoms with E-state index in [-0.39, 0.29) is 0 Å². The fourth-order valence-electron chi connectivity index (χ4n) is 3.14. The molecule has 24 heavy (non-hydrogen) atoms. The van der Waals surface area contributed by atoms with Crippen molar-refractivity contribution >= 4 is 16.5 Å². The van der Waals surface area contributed by atoms with E-state index < -0.39 is 16.5 Å². The topological polar surface area (TPSA) is 3.24 Å². The van der Waals surface area contributed by atoms with Gasteiger partial charge in [-0.1, -0.05) is 74.2 Å². The van der Waals surface area contributed by atoms with Gasteiger partial charge >= 0.3 is 0 Å². The molecule has 0 aliphatic rings. The third-order valence-electron chi connectivity index (χ3n) is 4.36. The van der Waals surface area contributed by atoms with E-state index in [0.29, 0.717) is 0 Å². The standard InChI is InChI=1S/C21H43NSi2/c1-19(2)13-11-14-20(3)15-12-16-21(4)17-18-22(23(5,6)7)24(8,9)10/h13,15,17H,11-12,14,16,18H2,1-10H3/b20-15+,21-17+. The first kappa shape index (κ1) is 23.6. The molecule has 3 heteroatoms. The molecule has 0 radical (unpaired) electrons. The molecular formula is C21H43NSi2. The lowest BCUT2D eigenvalue weighted by Crippen LogP contribution is -2.58. The molecule has 0 rings (SSSR count). The summed E-state index contributed by atoms with van der Waals surface area (Å²) >= 11 is 0. The fraction of sp³-hybridized carbons (Fsp3) is 0.714. The van der Waals surface area contributed by atoms with Crippen molar-refractivity contribution in [3.8, 4) is 0 Å². The van der Waals surface area contributed by atoms with Gasteiger partial charge in [0.1, 0.15) is 16.5 Å². The quantitative estimate of drug-likeness (QED) is 0.288. The van der Waals surface area contributed by atoms with E-state index in [1.807, 2.05) is 0 Å². The maximum atomic E-state index is 2.85. The summed E-state index contributed by atoms with van der Waals surface area (Å²) in [5.41, 5.74) is 4.51. The van der Waals surface area contributed by atoms with Gasteiger partial charge in [-0.3, -0.25) is 0 Å². The molecule has 0 heterocycles. The molecule has 0 aliphatic heterocycles. The normalized spacial score (nSPS) is 14.3. The number of hydrogen-bond acceptors (Lipinski definition) is 1. The summed E-state index contributed by atoms with van der Waals surface area (Å²) < 4.78 is 2.85. The number of allylic oxidation sites excluding steroid dienone is 5. The van der Waals surface area contributed by atoms with Crippen molar-refractivity contribution in [1.82, 2.24) is 4.23 Å². The molecule has 0 atom stereocenters. The molecule has 0 aliphatic carbocycles. The van der Waals surface area contributed by atoms with Crippen LogP contribution >= 0.6 is 0 Å². The predicted molar refractivity (Wildman–Crippen MR) is 119 cm³/mol. The van der Waals surface area contributed by atoms with Crippen LogP contribution in [0.3, 0.4) is 0 Å². The monoisotopic (exact) mass is 365 g/mol. The summed E-state index contributed by atoms with van der Waals surface area (Å²) in [7, 11) is -2.46. The molecule has 0 saturated heterocycles. The van der Waals surface area contributed by atoms with E-state index in [4.69, 9.17) is 0 Å². The van der Waals surface area contributed by atoms with Crippen LogP contribution in [0, 0.1) is 0 Å². The van der Waals surface area contributed by atoms with Crippen LogP contribution in [0.5, 0.6) is 0 Å². The van der Waals surface area contributed by atoms with Crippen LogP contribution in [0.2, 0.25) is 39.3 Å². The molecule has 0 spiro atoms. The molecule has 0 aromatic heterocycles. The van der Waals surface area contributed by atoms with E-state index >= 15 is 0 Å². The van der Waals surface area contributed by atoms with E-state index in [2.05, 4.69) is 89.4 Å².